The minimum absolute atomic E-state index is 0.0107. The topological polar surface area (TPSA) is 120 Å². The van der Waals surface area contributed by atoms with E-state index in [0.717, 1.165) is 25.7 Å². The van der Waals surface area contributed by atoms with E-state index in [4.69, 9.17) is 14.2 Å². The third-order valence-corrected chi connectivity index (χ3v) is 4.05. The molecule has 0 atom stereocenters. The number of esters is 1. The highest BCUT2D eigenvalue weighted by atomic mass is 16.6. The second-order valence-corrected chi connectivity index (χ2v) is 7.12. The summed E-state index contributed by atoms with van der Waals surface area (Å²) in [6, 6.07) is 0. The fourth-order valence-corrected chi connectivity index (χ4v) is 2.24. The molecule has 0 aromatic carbocycles. The molecule has 0 rings (SSSR count). The molecular weight excluding hydrogens is 404 g/mol. The molecule has 0 radical (unpaired) electrons. The van der Waals surface area contributed by atoms with E-state index in [2.05, 4.69) is 23.8 Å². The number of ketones is 1. The fourth-order valence-electron chi connectivity index (χ4n) is 2.24. The van der Waals surface area contributed by atoms with Gasteiger partial charge in [-0.3, -0.25) is 4.79 Å². The van der Waals surface area contributed by atoms with Gasteiger partial charge in [0.2, 0.25) is 0 Å². The Morgan fingerprint density at radius 2 is 1.16 bits per heavy atom. The summed E-state index contributed by atoms with van der Waals surface area (Å²) in [5.41, 5.74) is 0.841. The number of nitrogens with one attached hydrogen (secondary N) is 2. The first-order chi connectivity index (χ1) is 14.7. The van der Waals surface area contributed by atoms with E-state index in [9.17, 15) is 19.2 Å². The first-order valence-electron chi connectivity index (χ1n) is 10.6. The van der Waals surface area contributed by atoms with Crippen molar-refractivity contribution in [1.82, 2.24) is 10.6 Å². The van der Waals surface area contributed by atoms with E-state index >= 15 is 0 Å². The molecule has 0 saturated carbocycles. The van der Waals surface area contributed by atoms with Crippen LogP contribution in [0.1, 0.15) is 58.8 Å². The normalized spacial score (nSPS) is 10.0. The summed E-state index contributed by atoms with van der Waals surface area (Å²) in [6.45, 7) is 11.5. The van der Waals surface area contributed by atoms with Crippen LogP contribution in [0.5, 0.6) is 0 Å². The van der Waals surface area contributed by atoms with Gasteiger partial charge in [0.15, 0.2) is 5.78 Å². The zero-order valence-corrected chi connectivity index (χ0v) is 18.8. The summed E-state index contributed by atoms with van der Waals surface area (Å²) in [6.07, 6.45) is 4.11. The molecular formula is C22H36N2O7. The summed E-state index contributed by atoms with van der Waals surface area (Å²) < 4.78 is 14.7. The van der Waals surface area contributed by atoms with Crippen LogP contribution in [0, 0.1) is 0 Å². The number of amides is 2. The Balaban J connectivity index is 3.43. The van der Waals surface area contributed by atoms with E-state index in [1.54, 1.807) is 6.92 Å². The minimum Gasteiger partial charge on any atom is -0.459 e. The van der Waals surface area contributed by atoms with E-state index in [-0.39, 0.29) is 25.6 Å². The monoisotopic (exact) mass is 440 g/mol. The number of Topliss-reactive ketones (excluding diaryl/α,β-unsaturated/α-hetero) is 1. The van der Waals surface area contributed by atoms with Crippen LogP contribution < -0.4 is 10.6 Å². The standard InChI is InChI=1S/C22H36N2O7/c1-17(2)19(25)11-7-10-14-30-21(27)23-12-8-5-6-9-13-24-22(28)31-16-15-29-20(26)18(3)4/h1,3,5-16H2,2,4H3,(H,23,27)(H,24,28). The van der Waals surface area contributed by atoms with Gasteiger partial charge >= 0.3 is 18.2 Å². The maximum absolute atomic E-state index is 11.5. The average molecular weight is 441 g/mol. The third kappa shape index (κ3) is 17.7. The SMILES string of the molecule is C=C(C)C(=O)CCCCOC(=O)NCCCCCCNC(=O)OCCOC(=O)C(=C)C. The molecule has 0 aromatic heterocycles. The lowest BCUT2D eigenvalue weighted by atomic mass is 10.1. The summed E-state index contributed by atoms with van der Waals surface area (Å²) in [5.74, 6) is -0.475. The van der Waals surface area contributed by atoms with E-state index in [1.807, 2.05) is 0 Å². The number of rotatable bonds is 17. The van der Waals surface area contributed by atoms with Crippen LogP contribution in [-0.4, -0.2) is 56.8 Å². The van der Waals surface area contributed by atoms with Crippen molar-refractivity contribution in [1.29, 1.82) is 0 Å². The van der Waals surface area contributed by atoms with Gasteiger partial charge < -0.3 is 24.8 Å². The molecule has 0 heterocycles. The molecule has 9 heteroatoms. The maximum Gasteiger partial charge on any atom is 0.407 e. The predicted octanol–water partition coefficient (Wildman–Crippen LogP) is 3.43. The van der Waals surface area contributed by atoms with Crippen LogP contribution in [0.2, 0.25) is 0 Å². The number of hydrogen-bond donors (Lipinski definition) is 2. The van der Waals surface area contributed by atoms with Gasteiger partial charge in [0, 0.05) is 25.1 Å². The van der Waals surface area contributed by atoms with Gasteiger partial charge in [0.05, 0.1) is 6.61 Å². The molecule has 0 aliphatic carbocycles. The van der Waals surface area contributed by atoms with Gasteiger partial charge in [0.25, 0.3) is 0 Å². The lowest BCUT2D eigenvalue weighted by Gasteiger charge is -2.08. The van der Waals surface area contributed by atoms with Crippen molar-refractivity contribution < 1.29 is 33.4 Å². The fraction of sp³-hybridized carbons (Fsp3) is 0.636. The quantitative estimate of drug-likeness (QED) is 0.154. The lowest BCUT2D eigenvalue weighted by Crippen LogP contribution is -2.27. The molecule has 0 fully saturated rings. The number of alkyl carbamates (subject to hydrolysis) is 2. The zero-order chi connectivity index (χ0) is 23.5. The smallest absolute Gasteiger partial charge is 0.407 e. The van der Waals surface area contributed by atoms with Gasteiger partial charge in [0.1, 0.15) is 13.2 Å². The van der Waals surface area contributed by atoms with Crippen molar-refractivity contribution in [2.45, 2.75) is 58.8 Å². The predicted molar refractivity (Wildman–Crippen MR) is 117 cm³/mol. The number of ether oxygens (including phenoxy) is 3. The first-order valence-corrected chi connectivity index (χ1v) is 10.6. The maximum atomic E-state index is 11.5. The van der Waals surface area contributed by atoms with E-state index in [0.29, 0.717) is 43.5 Å². The van der Waals surface area contributed by atoms with Crippen molar-refractivity contribution in [3.63, 3.8) is 0 Å². The van der Waals surface area contributed by atoms with Crippen LogP contribution in [0.4, 0.5) is 9.59 Å². The lowest BCUT2D eigenvalue weighted by molar-refractivity contribution is -0.139. The van der Waals surface area contributed by atoms with Gasteiger partial charge in [-0.05, 0) is 45.1 Å². The van der Waals surface area contributed by atoms with Crippen LogP contribution in [0.3, 0.4) is 0 Å². The zero-order valence-electron chi connectivity index (χ0n) is 18.8. The Kier molecular flexibility index (Phi) is 16.3. The number of unbranched alkanes of at least 4 members (excludes halogenated alkanes) is 4. The van der Waals surface area contributed by atoms with E-state index in [1.165, 1.54) is 6.92 Å². The molecule has 0 spiro atoms. The van der Waals surface area contributed by atoms with Crippen molar-refractivity contribution in [3.8, 4) is 0 Å². The molecule has 0 saturated heterocycles. The van der Waals surface area contributed by atoms with Gasteiger partial charge in [-0.1, -0.05) is 26.0 Å². The van der Waals surface area contributed by atoms with Crippen molar-refractivity contribution in [2.75, 3.05) is 32.9 Å². The van der Waals surface area contributed by atoms with Gasteiger partial charge in [-0.25, -0.2) is 14.4 Å². The Morgan fingerprint density at radius 3 is 1.68 bits per heavy atom. The molecule has 0 aliphatic heterocycles. The van der Waals surface area contributed by atoms with Gasteiger partial charge in [-0.15, -0.1) is 0 Å². The highest BCUT2D eigenvalue weighted by Gasteiger charge is 2.06. The summed E-state index contributed by atoms with van der Waals surface area (Å²) in [4.78, 5) is 45.5. The highest BCUT2D eigenvalue weighted by molar-refractivity contribution is 5.94. The number of allylic oxidation sites excluding steroid dienone is 1. The van der Waals surface area contributed by atoms with Crippen molar-refractivity contribution in [2.24, 2.45) is 0 Å². The summed E-state index contributed by atoms with van der Waals surface area (Å²) in [7, 11) is 0. The van der Waals surface area contributed by atoms with Crippen molar-refractivity contribution >= 4 is 23.9 Å². The highest BCUT2D eigenvalue weighted by Crippen LogP contribution is 2.03. The molecule has 0 bridgehead atoms. The minimum atomic E-state index is -0.556. The van der Waals surface area contributed by atoms with Crippen LogP contribution in [-0.2, 0) is 23.8 Å². The molecule has 2 N–H and O–H groups in total. The molecule has 176 valence electrons. The molecule has 9 nitrogen and oxygen atoms in total. The summed E-state index contributed by atoms with van der Waals surface area (Å²) >= 11 is 0. The molecule has 0 aliphatic rings. The van der Waals surface area contributed by atoms with Crippen LogP contribution in [0.15, 0.2) is 24.3 Å². The number of carbonyl (C=O) groups excluding carboxylic acids is 4. The number of hydrogen-bond acceptors (Lipinski definition) is 7. The van der Waals surface area contributed by atoms with Crippen LogP contribution >= 0.6 is 0 Å². The molecule has 0 aromatic rings. The van der Waals surface area contributed by atoms with Crippen molar-refractivity contribution in [3.05, 3.63) is 24.3 Å². The molecule has 31 heavy (non-hydrogen) atoms. The molecule has 2 amide bonds. The van der Waals surface area contributed by atoms with Crippen LogP contribution in [0.25, 0.3) is 0 Å². The summed E-state index contributed by atoms with van der Waals surface area (Å²) in [5, 5.41) is 5.29. The number of carbonyl (C=O) groups is 4. The second kappa shape index (κ2) is 18.0. The largest absolute Gasteiger partial charge is 0.459 e. The first kappa shape index (κ1) is 28.2. The second-order valence-electron chi connectivity index (χ2n) is 7.12. The molecule has 0 unspecified atom stereocenters. The average Bonchev–Trinajstić information content (AvgIpc) is 2.72. The Morgan fingerprint density at radius 1 is 0.645 bits per heavy atom. The Hall–Kier alpha value is -2.84. The van der Waals surface area contributed by atoms with Gasteiger partial charge in [-0.2, -0.15) is 0 Å². The third-order valence-electron chi connectivity index (χ3n) is 4.05. The Labute approximate surface area is 184 Å². The van der Waals surface area contributed by atoms with E-state index < -0.39 is 18.2 Å². The Bertz CT molecular complexity index is 617.